The molecule has 0 bridgehead atoms. The molecule has 1 aromatic rings. The molecule has 1 saturated heterocycles. The molecule has 1 aromatic carbocycles. The van der Waals surface area contributed by atoms with E-state index in [-0.39, 0.29) is 17.7 Å². The number of esters is 1. The minimum Gasteiger partial charge on any atom is -0.507 e. The number of hydrogen-bond acceptors (Lipinski definition) is 10. The Kier molecular flexibility index (Phi) is 6.47. The van der Waals surface area contributed by atoms with Crippen molar-refractivity contribution in [2.45, 2.75) is 50.2 Å². The zero-order valence-corrected chi connectivity index (χ0v) is 20.9. The molecule has 4 N–H and O–H groups in total. The van der Waals surface area contributed by atoms with E-state index in [1.165, 1.54) is 6.07 Å². The minimum absolute atomic E-state index is 0.00150. The Morgan fingerprint density at radius 2 is 1.82 bits per heavy atom. The highest BCUT2D eigenvalue weighted by Gasteiger charge is 2.71. The van der Waals surface area contributed by atoms with Gasteiger partial charge in [0.05, 0.1) is 17.9 Å². The van der Waals surface area contributed by atoms with Crippen molar-refractivity contribution in [2.24, 2.45) is 29.4 Å². The molecule has 0 radical (unpaired) electrons. The number of fused-ring (bicyclic) bond motifs is 3. The third-order valence-corrected chi connectivity index (χ3v) is 8.79. The second-order valence-electron chi connectivity index (χ2n) is 10.8. The number of aromatic hydroxyl groups is 1. The highest BCUT2D eigenvalue weighted by Crippen LogP contribution is 2.54. The molecule has 1 aliphatic heterocycles. The van der Waals surface area contributed by atoms with Gasteiger partial charge in [-0.25, -0.2) is 0 Å². The van der Waals surface area contributed by atoms with E-state index in [1.807, 2.05) is 0 Å². The van der Waals surface area contributed by atoms with E-state index in [4.69, 9.17) is 10.5 Å². The summed E-state index contributed by atoms with van der Waals surface area (Å²) in [5, 5.41) is 22.1. The van der Waals surface area contributed by atoms with E-state index in [9.17, 15) is 39.0 Å². The van der Waals surface area contributed by atoms with Crippen LogP contribution in [-0.2, 0) is 28.7 Å². The predicted molar refractivity (Wildman–Crippen MR) is 129 cm³/mol. The number of hydrogen-bond donors (Lipinski definition) is 3. The summed E-state index contributed by atoms with van der Waals surface area (Å²) in [5.74, 6) is -13.4. The monoisotopic (exact) mass is 526 g/mol. The lowest BCUT2D eigenvalue weighted by Gasteiger charge is -2.53. The molecule has 11 nitrogen and oxygen atoms in total. The van der Waals surface area contributed by atoms with Gasteiger partial charge >= 0.3 is 5.97 Å². The van der Waals surface area contributed by atoms with Crippen LogP contribution in [0.25, 0.3) is 0 Å². The topological polar surface area (TPSA) is 181 Å². The molecule has 2 unspecified atom stereocenters. The Morgan fingerprint density at radius 1 is 1.13 bits per heavy atom. The van der Waals surface area contributed by atoms with Crippen LogP contribution >= 0.6 is 0 Å². The second-order valence-corrected chi connectivity index (χ2v) is 10.8. The highest BCUT2D eigenvalue weighted by atomic mass is 16.5. The smallest absolute Gasteiger partial charge is 0.307 e. The van der Waals surface area contributed by atoms with E-state index in [2.05, 4.69) is 4.90 Å². The Labute approximate surface area is 218 Å². The molecule has 4 aliphatic rings. The average Bonchev–Trinajstić information content (AvgIpc) is 3.38. The lowest BCUT2D eigenvalue weighted by Crippen LogP contribution is -2.73. The summed E-state index contributed by atoms with van der Waals surface area (Å²) < 4.78 is 5.85. The number of carbonyl (C=O) groups excluding carboxylic acids is 6. The third kappa shape index (κ3) is 3.79. The van der Waals surface area contributed by atoms with Gasteiger partial charge in [0, 0.05) is 24.8 Å². The maximum Gasteiger partial charge on any atom is 0.307 e. The fraction of sp³-hybridized carbons (Fsp3) is 0.556. The van der Waals surface area contributed by atoms with E-state index in [0.29, 0.717) is 12.1 Å². The summed E-state index contributed by atoms with van der Waals surface area (Å²) in [4.78, 5) is 80.8. The normalized spacial score (nSPS) is 34.9. The van der Waals surface area contributed by atoms with Gasteiger partial charge in [-0.1, -0.05) is 19.1 Å². The van der Waals surface area contributed by atoms with E-state index in [0.717, 1.165) is 25.9 Å². The van der Waals surface area contributed by atoms with Gasteiger partial charge in [0.2, 0.25) is 5.91 Å². The van der Waals surface area contributed by atoms with Gasteiger partial charge in [0.25, 0.3) is 0 Å². The standard InChI is InChI=1S/C27H30N2O9/c1-12-13-5-4-6-15(30)19(13)22(33)21-18(12)23(38-17(32)7-10-29-8-2-3-9-29)14-11-16(31)20(26(28)36)24(34)27(14,37)25(21)35/h4-6,12,14,18,20-21,23,30,37H,2-3,7-11H2,1H3,(H2,28,36)/t12-,14+,18+,20?,21?,23+,27+/m0/s1. The van der Waals surface area contributed by atoms with Gasteiger partial charge < -0.3 is 25.6 Å². The van der Waals surface area contributed by atoms with Gasteiger partial charge in [-0.2, -0.15) is 0 Å². The Hall–Kier alpha value is -3.44. The number of amides is 1. The van der Waals surface area contributed by atoms with Gasteiger partial charge in [-0.05, 0) is 43.5 Å². The third-order valence-electron chi connectivity index (χ3n) is 8.79. The average molecular weight is 527 g/mol. The van der Waals surface area contributed by atoms with Crippen molar-refractivity contribution < 1.29 is 43.7 Å². The first-order valence-electron chi connectivity index (χ1n) is 12.9. The first-order valence-corrected chi connectivity index (χ1v) is 12.9. The number of nitrogens with two attached hydrogens (primary N) is 1. The Morgan fingerprint density at radius 3 is 2.47 bits per heavy atom. The van der Waals surface area contributed by atoms with Gasteiger partial charge in [-0.3, -0.25) is 28.8 Å². The van der Waals surface area contributed by atoms with E-state index < -0.39 is 82.7 Å². The lowest BCUT2D eigenvalue weighted by atomic mass is 9.50. The molecule has 3 aliphatic carbocycles. The summed E-state index contributed by atoms with van der Waals surface area (Å²) >= 11 is 0. The number of benzene rings is 1. The van der Waals surface area contributed by atoms with Crippen molar-refractivity contribution in [3.8, 4) is 5.75 Å². The quantitative estimate of drug-likeness (QED) is 0.346. The fourth-order valence-electron chi connectivity index (χ4n) is 6.91. The van der Waals surface area contributed by atoms with E-state index in [1.54, 1.807) is 19.1 Å². The highest BCUT2D eigenvalue weighted by molar-refractivity contribution is 6.31. The second kappa shape index (κ2) is 9.39. The van der Waals surface area contributed by atoms with Crippen molar-refractivity contribution in [3.63, 3.8) is 0 Å². The van der Waals surface area contributed by atoms with Crippen LogP contribution in [0.15, 0.2) is 18.2 Å². The van der Waals surface area contributed by atoms with Crippen molar-refractivity contribution in [1.82, 2.24) is 4.90 Å². The molecule has 7 atom stereocenters. The van der Waals surface area contributed by atoms with Crippen LogP contribution in [0.2, 0.25) is 0 Å². The Bertz CT molecular complexity index is 1250. The molecule has 1 amide bonds. The van der Waals surface area contributed by atoms with Crippen molar-refractivity contribution >= 4 is 35.0 Å². The number of phenols is 1. The molecule has 5 rings (SSSR count). The summed E-state index contributed by atoms with van der Waals surface area (Å²) in [6.07, 6.45) is 0.0807. The van der Waals surface area contributed by atoms with Crippen LogP contribution in [0.5, 0.6) is 5.75 Å². The van der Waals surface area contributed by atoms with Crippen LogP contribution in [0.1, 0.15) is 54.4 Å². The van der Waals surface area contributed by atoms with Crippen LogP contribution in [0.4, 0.5) is 0 Å². The molecule has 3 fully saturated rings. The molecule has 38 heavy (non-hydrogen) atoms. The van der Waals surface area contributed by atoms with Gasteiger partial charge in [0.15, 0.2) is 34.7 Å². The molecule has 0 spiro atoms. The number of aliphatic hydroxyl groups is 1. The van der Waals surface area contributed by atoms with Crippen LogP contribution in [-0.4, -0.2) is 81.5 Å². The van der Waals surface area contributed by atoms with Crippen LogP contribution in [0.3, 0.4) is 0 Å². The molecule has 11 heteroatoms. The lowest BCUT2D eigenvalue weighted by molar-refractivity contribution is -0.198. The number of phenolic OH excluding ortho intramolecular Hbond substituents is 1. The number of rotatable bonds is 5. The Balaban J connectivity index is 1.58. The number of likely N-dealkylation sites (tertiary alicyclic amines) is 1. The first kappa shape index (κ1) is 26.2. The summed E-state index contributed by atoms with van der Waals surface area (Å²) in [6, 6.07) is 4.45. The van der Waals surface area contributed by atoms with Gasteiger partial charge in [0.1, 0.15) is 11.9 Å². The number of nitrogens with zero attached hydrogens (tertiary/aromatic N) is 1. The molecule has 0 aromatic heterocycles. The summed E-state index contributed by atoms with van der Waals surface area (Å²) in [7, 11) is 0. The summed E-state index contributed by atoms with van der Waals surface area (Å²) in [6.45, 7) is 3.83. The van der Waals surface area contributed by atoms with Crippen molar-refractivity contribution in [2.75, 3.05) is 19.6 Å². The van der Waals surface area contributed by atoms with E-state index >= 15 is 0 Å². The van der Waals surface area contributed by atoms with Crippen molar-refractivity contribution in [1.29, 1.82) is 0 Å². The molecule has 1 heterocycles. The zero-order chi connectivity index (χ0) is 27.5. The molecule has 202 valence electrons. The maximum absolute atomic E-state index is 13.8. The predicted octanol–water partition coefficient (Wildman–Crippen LogP) is -0.104. The molecular formula is C27H30N2O9. The fourth-order valence-corrected chi connectivity index (χ4v) is 6.91. The molecule has 2 saturated carbocycles. The van der Waals surface area contributed by atoms with Crippen LogP contribution < -0.4 is 5.73 Å². The zero-order valence-electron chi connectivity index (χ0n) is 20.9. The summed E-state index contributed by atoms with van der Waals surface area (Å²) in [5.41, 5.74) is 2.64. The maximum atomic E-state index is 13.8. The molecular weight excluding hydrogens is 496 g/mol. The largest absolute Gasteiger partial charge is 0.507 e. The first-order chi connectivity index (χ1) is 18.0. The number of ketones is 4. The number of carbonyl (C=O) groups is 6. The number of Topliss-reactive ketones (excluding diaryl/α,β-unsaturated/α-hetero) is 4. The number of primary amides is 1. The minimum atomic E-state index is -2.94. The SMILES string of the molecule is C[C@H]1c2cccc(O)c2C(=O)C2C(=O)[C@]3(O)C(=O)C(C(N)=O)C(=O)C[C@@H]3[C@@H](OC(=O)CCN3CCCC3)[C@@H]21. The van der Waals surface area contributed by atoms with Crippen LogP contribution in [0, 0.1) is 23.7 Å². The number of ether oxygens (including phenoxy) is 1. The van der Waals surface area contributed by atoms with Gasteiger partial charge in [-0.15, -0.1) is 0 Å². The van der Waals surface area contributed by atoms with Crippen molar-refractivity contribution in [3.05, 3.63) is 29.3 Å².